The minimum Gasteiger partial charge on any atom is -0.497 e. The summed E-state index contributed by atoms with van der Waals surface area (Å²) in [4.78, 5) is 0. The van der Waals surface area contributed by atoms with Crippen molar-refractivity contribution in [2.75, 3.05) is 14.2 Å². The number of sulfonamides is 1. The van der Waals surface area contributed by atoms with E-state index in [2.05, 4.69) is 6.58 Å². The summed E-state index contributed by atoms with van der Waals surface area (Å²) in [5.74, 6) is 1.46. The molecule has 0 N–H and O–H groups in total. The Hall–Kier alpha value is -2.31. The SMILES string of the molecule is C=CCC(C(C)C)S(=O)(=O)N(Cc1ccc(OC)cc1)Cc1ccc(OC)cc1. The van der Waals surface area contributed by atoms with Crippen molar-refractivity contribution in [1.29, 1.82) is 0 Å². The third-order valence-corrected chi connectivity index (χ3v) is 7.40. The van der Waals surface area contributed by atoms with Crippen molar-refractivity contribution >= 4 is 10.0 Å². The molecule has 0 heterocycles. The van der Waals surface area contributed by atoms with Gasteiger partial charge in [-0.25, -0.2) is 8.42 Å². The Labute approximate surface area is 175 Å². The van der Waals surface area contributed by atoms with Crippen LogP contribution in [0.5, 0.6) is 11.5 Å². The lowest BCUT2D eigenvalue weighted by Crippen LogP contribution is -2.40. The lowest BCUT2D eigenvalue weighted by atomic mass is 10.1. The van der Waals surface area contributed by atoms with Crippen LogP contribution in [0.1, 0.15) is 31.4 Å². The molecule has 1 atom stereocenters. The largest absolute Gasteiger partial charge is 0.497 e. The van der Waals surface area contributed by atoms with Crippen molar-refractivity contribution in [3.05, 3.63) is 72.3 Å². The Kier molecular flexibility index (Phi) is 8.29. The average Bonchev–Trinajstić information content (AvgIpc) is 2.72. The molecule has 29 heavy (non-hydrogen) atoms. The van der Waals surface area contributed by atoms with E-state index < -0.39 is 15.3 Å². The van der Waals surface area contributed by atoms with Crippen molar-refractivity contribution in [3.63, 3.8) is 0 Å². The number of allylic oxidation sites excluding steroid dienone is 1. The summed E-state index contributed by atoms with van der Waals surface area (Å²) >= 11 is 0. The van der Waals surface area contributed by atoms with Gasteiger partial charge in [-0.1, -0.05) is 44.2 Å². The van der Waals surface area contributed by atoms with Crippen LogP contribution in [0.4, 0.5) is 0 Å². The van der Waals surface area contributed by atoms with Gasteiger partial charge in [-0.3, -0.25) is 0 Å². The molecular formula is C23H31NO4S. The fraction of sp³-hybridized carbons (Fsp3) is 0.391. The first-order valence-electron chi connectivity index (χ1n) is 9.67. The Morgan fingerprint density at radius 1 is 0.897 bits per heavy atom. The lowest BCUT2D eigenvalue weighted by molar-refractivity contribution is 0.381. The quantitative estimate of drug-likeness (QED) is 0.500. The van der Waals surface area contributed by atoms with Gasteiger partial charge >= 0.3 is 0 Å². The van der Waals surface area contributed by atoms with Crippen molar-refractivity contribution in [1.82, 2.24) is 4.31 Å². The van der Waals surface area contributed by atoms with Crippen molar-refractivity contribution in [2.24, 2.45) is 5.92 Å². The standard InChI is InChI=1S/C23H31NO4S/c1-6-7-23(18(2)3)29(25,26)24(16-19-8-12-21(27-4)13-9-19)17-20-10-14-22(28-5)15-11-20/h6,8-15,18,23H,1,7,16-17H2,2-5H3. The summed E-state index contributed by atoms with van der Waals surface area (Å²) in [6, 6.07) is 15.0. The highest BCUT2D eigenvalue weighted by Gasteiger charge is 2.33. The van der Waals surface area contributed by atoms with E-state index in [1.54, 1.807) is 24.6 Å². The summed E-state index contributed by atoms with van der Waals surface area (Å²) in [7, 11) is -0.335. The molecule has 5 nitrogen and oxygen atoms in total. The van der Waals surface area contributed by atoms with Crippen molar-refractivity contribution < 1.29 is 17.9 Å². The smallest absolute Gasteiger partial charge is 0.218 e. The van der Waals surface area contributed by atoms with Gasteiger partial charge in [0.2, 0.25) is 10.0 Å². The Bertz CT molecular complexity index is 825. The molecule has 0 saturated carbocycles. The van der Waals surface area contributed by atoms with Crippen LogP contribution in [-0.2, 0) is 23.1 Å². The monoisotopic (exact) mass is 417 g/mol. The molecule has 0 aromatic heterocycles. The first kappa shape index (κ1) is 23.0. The molecule has 158 valence electrons. The van der Waals surface area contributed by atoms with Crippen LogP contribution in [0.3, 0.4) is 0 Å². The van der Waals surface area contributed by atoms with E-state index in [0.29, 0.717) is 19.5 Å². The molecule has 0 aliphatic carbocycles. The van der Waals surface area contributed by atoms with E-state index in [1.807, 2.05) is 62.4 Å². The molecular weight excluding hydrogens is 386 g/mol. The van der Waals surface area contributed by atoms with Gasteiger partial charge in [0.25, 0.3) is 0 Å². The van der Waals surface area contributed by atoms with Crippen LogP contribution in [-0.4, -0.2) is 32.2 Å². The number of benzene rings is 2. The van der Waals surface area contributed by atoms with Gasteiger partial charge in [-0.15, -0.1) is 6.58 Å². The van der Waals surface area contributed by atoms with E-state index in [4.69, 9.17) is 9.47 Å². The van der Waals surface area contributed by atoms with E-state index in [-0.39, 0.29) is 5.92 Å². The van der Waals surface area contributed by atoms with Gasteiger partial charge < -0.3 is 9.47 Å². The highest BCUT2D eigenvalue weighted by molar-refractivity contribution is 7.89. The molecule has 2 aromatic carbocycles. The Balaban J connectivity index is 2.37. The fourth-order valence-corrected chi connectivity index (χ4v) is 5.31. The zero-order valence-corrected chi connectivity index (χ0v) is 18.5. The highest BCUT2D eigenvalue weighted by atomic mass is 32.2. The van der Waals surface area contributed by atoms with Crippen molar-refractivity contribution in [3.8, 4) is 11.5 Å². The zero-order valence-electron chi connectivity index (χ0n) is 17.7. The molecule has 1 unspecified atom stereocenters. The van der Waals surface area contributed by atoms with Crippen LogP contribution in [0, 0.1) is 5.92 Å². The van der Waals surface area contributed by atoms with Crippen LogP contribution in [0.25, 0.3) is 0 Å². The molecule has 0 aliphatic heterocycles. The second kappa shape index (κ2) is 10.5. The molecule has 6 heteroatoms. The van der Waals surface area contributed by atoms with Crippen LogP contribution < -0.4 is 9.47 Å². The van der Waals surface area contributed by atoms with E-state index in [9.17, 15) is 8.42 Å². The molecule has 2 rings (SSSR count). The zero-order chi connectivity index (χ0) is 21.4. The molecule has 0 radical (unpaired) electrons. The van der Waals surface area contributed by atoms with Gasteiger partial charge in [0.1, 0.15) is 11.5 Å². The second-order valence-electron chi connectivity index (χ2n) is 7.32. The van der Waals surface area contributed by atoms with Crippen LogP contribution in [0.15, 0.2) is 61.2 Å². The molecule has 0 amide bonds. The molecule has 0 aliphatic rings. The molecule has 0 bridgehead atoms. The average molecular weight is 418 g/mol. The van der Waals surface area contributed by atoms with E-state index in [1.165, 1.54) is 0 Å². The number of rotatable bonds is 11. The van der Waals surface area contributed by atoms with Crippen LogP contribution >= 0.6 is 0 Å². The maximum absolute atomic E-state index is 13.5. The summed E-state index contributed by atoms with van der Waals surface area (Å²) in [6.45, 7) is 8.20. The maximum Gasteiger partial charge on any atom is 0.218 e. The minimum absolute atomic E-state index is 0.0211. The summed E-state index contributed by atoms with van der Waals surface area (Å²) in [5, 5.41) is -0.517. The molecule has 2 aromatic rings. The Morgan fingerprint density at radius 3 is 1.62 bits per heavy atom. The van der Waals surface area contributed by atoms with Crippen LogP contribution in [0.2, 0.25) is 0 Å². The lowest BCUT2D eigenvalue weighted by Gasteiger charge is -2.29. The molecule has 0 spiro atoms. The molecule has 0 fully saturated rings. The predicted molar refractivity (Wildman–Crippen MR) is 118 cm³/mol. The second-order valence-corrected chi connectivity index (χ2v) is 9.47. The van der Waals surface area contributed by atoms with Gasteiger partial charge in [0.15, 0.2) is 0 Å². The summed E-state index contributed by atoms with van der Waals surface area (Å²) < 4.78 is 39.1. The molecule has 0 saturated heterocycles. The topological polar surface area (TPSA) is 55.8 Å². The Morgan fingerprint density at radius 2 is 1.31 bits per heavy atom. The first-order valence-corrected chi connectivity index (χ1v) is 11.2. The number of hydrogen-bond acceptors (Lipinski definition) is 4. The van der Waals surface area contributed by atoms with Crippen molar-refractivity contribution in [2.45, 2.75) is 38.6 Å². The predicted octanol–water partition coefficient (Wildman–Crippen LogP) is 4.64. The third-order valence-electron chi connectivity index (χ3n) is 4.92. The number of hydrogen-bond donors (Lipinski definition) is 0. The summed E-state index contributed by atoms with van der Waals surface area (Å²) in [6.07, 6.45) is 2.10. The number of nitrogens with zero attached hydrogens (tertiary/aromatic N) is 1. The number of methoxy groups -OCH3 is 2. The highest BCUT2D eigenvalue weighted by Crippen LogP contribution is 2.25. The first-order chi connectivity index (χ1) is 13.8. The van der Waals surface area contributed by atoms with E-state index in [0.717, 1.165) is 22.6 Å². The number of ether oxygens (including phenoxy) is 2. The maximum atomic E-state index is 13.5. The summed E-state index contributed by atoms with van der Waals surface area (Å²) in [5.41, 5.74) is 1.81. The normalized spacial score (nSPS) is 12.8. The minimum atomic E-state index is -3.55. The third kappa shape index (κ3) is 6.08. The van der Waals surface area contributed by atoms with Gasteiger partial charge in [-0.2, -0.15) is 4.31 Å². The van der Waals surface area contributed by atoms with E-state index >= 15 is 0 Å². The van der Waals surface area contributed by atoms with Gasteiger partial charge in [-0.05, 0) is 47.7 Å². The fourth-order valence-electron chi connectivity index (χ4n) is 3.20. The van der Waals surface area contributed by atoms with Gasteiger partial charge in [0.05, 0.1) is 19.5 Å². The van der Waals surface area contributed by atoms with Gasteiger partial charge in [0, 0.05) is 13.1 Å².